The molecule has 94 valence electrons. The standard InChI is InChI=1S/C9H10F3N3O2/c1-5-3-6(14-4-13-5)15-8(2,7(16)17)9(10,11)12/h3-4H,1-2H3,(H,16,17)(H,13,14,15). The van der Waals surface area contributed by atoms with Crippen molar-refractivity contribution >= 4 is 11.8 Å². The molecule has 0 saturated heterocycles. The first-order chi connectivity index (χ1) is 7.67. The molecule has 0 aliphatic carbocycles. The van der Waals surface area contributed by atoms with Crippen LogP contribution in [0.2, 0.25) is 0 Å². The summed E-state index contributed by atoms with van der Waals surface area (Å²) in [7, 11) is 0. The van der Waals surface area contributed by atoms with Gasteiger partial charge in [0.15, 0.2) is 0 Å². The quantitative estimate of drug-likeness (QED) is 0.851. The molecule has 0 radical (unpaired) electrons. The zero-order valence-electron chi connectivity index (χ0n) is 9.04. The normalized spacial score (nSPS) is 15.1. The number of hydrogen-bond acceptors (Lipinski definition) is 4. The zero-order chi connectivity index (χ0) is 13.3. The first kappa shape index (κ1) is 13.2. The molecule has 1 rings (SSSR count). The smallest absolute Gasteiger partial charge is 0.422 e. The number of nitrogens with one attached hydrogen (secondary N) is 1. The molecule has 1 atom stereocenters. The fraction of sp³-hybridized carbons (Fsp3) is 0.444. The lowest BCUT2D eigenvalue weighted by molar-refractivity contribution is -0.192. The van der Waals surface area contributed by atoms with Crippen LogP contribution in [0, 0.1) is 6.92 Å². The van der Waals surface area contributed by atoms with Crippen molar-refractivity contribution in [2.24, 2.45) is 0 Å². The van der Waals surface area contributed by atoms with Gasteiger partial charge in [-0.1, -0.05) is 0 Å². The van der Waals surface area contributed by atoms with Crippen molar-refractivity contribution in [2.45, 2.75) is 25.6 Å². The number of alkyl halides is 3. The van der Waals surface area contributed by atoms with E-state index in [1.807, 2.05) is 5.32 Å². The van der Waals surface area contributed by atoms with E-state index in [0.717, 1.165) is 6.33 Å². The highest BCUT2D eigenvalue weighted by molar-refractivity contribution is 5.83. The molecule has 1 aromatic rings. The predicted molar refractivity (Wildman–Crippen MR) is 52.5 cm³/mol. The first-order valence-corrected chi connectivity index (χ1v) is 4.54. The summed E-state index contributed by atoms with van der Waals surface area (Å²) in [6.07, 6.45) is -3.89. The molecule has 8 heteroatoms. The maximum absolute atomic E-state index is 12.7. The minimum atomic E-state index is -4.95. The lowest BCUT2D eigenvalue weighted by Gasteiger charge is -2.28. The molecular formula is C9H10F3N3O2. The molecule has 5 nitrogen and oxygen atoms in total. The van der Waals surface area contributed by atoms with Crippen LogP contribution in [-0.2, 0) is 4.79 Å². The maximum atomic E-state index is 12.7. The Bertz CT molecular complexity index is 436. The average molecular weight is 249 g/mol. The van der Waals surface area contributed by atoms with E-state index in [1.165, 1.54) is 6.07 Å². The molecule has 0 aliphatic rings. The molecule has 0 amide bonds. The monoisotopic (exact) mass is 249 g/mol. The second kappa shape index (κ2) is 4.19. The molecular weight excluding hydrogens is 239 g/mol. The number of nitrogens with zero attached hydrogens (tertiary/aromatic N) is 2. The van der Waals surface area contributed by atoms with E-state index in [-0.39, 0.29) is 5.82 Å². The van der Waals surface area contributed by atoms with Gasteiger partial charge in [-0.25, -0.2) is 14.8 Å². The molecule has 1 unspecified atom stereocenters. The van der Waals surface area contributed by atoms with E-state index in [0.29, 0.717) is 12.6 Å². The van der Waals surface area contributed by atoms with Crippen LogP contribution < -0.4 is 5.32 Å². The summed E-state index contributed by atoms with van der Waals surface area (Å²) in [5.74, 6) is -2.22. The van der Waals surface area contributed by atoms with Gasteiger partial charge in [-0.2, -0.15) is 13.2 Å². The largest absolute Gasteiger partial charge is 0.479 e. The van der Waals surface area contributed by atoms with Crippen molar-refractivity contribution in [1.82, 2.24) is 9.97 Å². The summed E-state index contributed by atoms with van der Waals surface area (Å²) in [6, 6.07) is 1.23. The molecule has 1 aromatic heterocycles. The highest BCUT2D eigenvalue weighted by Gasteiger charge is 2.57. The second-order valence-corrected chi connectivity index (χ2v) is 3.60. The van der Waals surface area contributed by atoms with Gasteiger partial charge < -0.3 is 10.4 Å². The van der Waals surface area contributed by atoms with E-state index in [2.05, 4.69) is 9.97 Å². The van der Waals surface area contributed by atoms with Gasteiger partial charge >= 0.3 is 12.1 Å². The van der Waals surface area contributed by atoms with Crippen LogP contribution in [0.5, 0.6) is 0 Å². The highest BCUT2D eigenvalue weighted by Crippen LogP contribution is 2.33. The number of halogens is 3. The Labute approximate surface area is 94.7 Å². The average Bonchev–Trinajstić information content (AvgIpc) is 2.15. The molecule has 0 bridgehead atoms. The van der Waals surface area contributed by atoms with Crippen LogP contribution in [0.3, 0.4) is 0 Å². The molecule has 0 saturated carbocycles. The van der Waals surface area contributed by atoms with E-state index in [9.17, 15) is 18.0 Å². The van der Waals surface area contributed by atoms with Crippen LogP contribution in [-0.4, -0.2) is 32.8 Å². The maximum Gasteiger partial charge on any atom is 0.422 e. The van der Waals surface area contributed by atoms with Gasteiger partial charge in [0.05, 0.1) is 0 Å². The van der Waals surface area contributed by atoms with E-state index in [4.69, 9.17) is 5.11 Å². The van der Waals surface area contributed by atoms with Crippen LogP contribution in [0.4, 0.5) is 19.0 Å². The van der Waals surface area contributed by atoms with Gasteiger partial charge in [-0.05, 0) is 13.8 Å². The number of hydrogen-bond donors (Lipinski definition) is 2. The molecule has 0 spiro atoms. The highest BCUT2D eigenvalue weighted by atomic mass is 19.4. The van der Waals surface area contributed by atoms with Crippen molar-refractivity contribution in [1.29, 1.82) is 0 Å². The molecule has 17 heavy (non-hydrogen) atoms. The van der Waals surface area contributed by atoms with Crippen molar-refractivity contribution in [3.8, 4) is 0 Å². The van der Waals surface area contributed by atoms with Crippen molar-refractivity contribution in [2.75, 3.05) is 5.32 Å². The minimum absolute atomic E-state index is 0.195. The fourth-order valence-corrected chi connectivity index (χ4v) is 1.02. The summed E-state index contributed by atoms with van der Waals surface area (Å²) in [4.78, 5) is 18.0. The van der Waals surface area contributed by atoms with Crippen LogP contribution >= 0.6 is 0 Å². The Morgan fingerprint density at radius 1 is 1.41 bits per heavy atom. The van der Waals surface area contributed by atoms with Crippen molar-refractivity contribution in [3.05, 3.63) is 18.1 Å². The minimum Gasteiger partial charge on any atom is -0.479 e. The number of aryl methyl sites for hydroxylation is 1. The first-order valence-electron chi connectivity index (χ1n) is 4.54. The number of anilines is 1. The van der Waals surface area contributed by atoms with Gasteiger partial charge in [-0.15, -0.1) is 0 Å². The number of aromatic nitrogens is 2. The number of rotatable bonds is 3. The SMILES string of the molecule is Cc1cc(NC(C)(C(=O)O)C(F)(F)F)ncn1. The van der Waals surface area contributed by atoms with Gasteiger partial charge in [-0.3, -0.25) is 0 Å². The van der Waals surface area contributed by atoms with E-state index in [1.54, 1.807) is 6.92 Å². The number of carbonyl (C=O) groups is 1. The van der Waals surface area contributed by atoms with E-state index >= 15 is 0 Å². The topological polar surface area (TPSA) is 75.1 Å². The third-order valence-electron chi connectivity index (χ3n) is 2.18. The summed E-state index contributed by atoms with van der Waals surface area (Å²) >= 11 is 0. The Balaban J connectivity index is 3.08. The third-order valence-corrected chi connectivity index (χ3v) is 2.18. The van der Waals surface area contributed by atoms with Gasteiger partial charge in [0.2, 0.25) is 5.54 Å². The third kappa shape index (κ3) is 2.63. The fourth-order valence-electron chi connectivity index (χ4n) is 1.02. The van der Waals surface area contributed by atoms with Gasteiger partial charge in [0.25, 0.3) is 0 Å². The molecule has 0 fully saturated rings. The van der Waals surface area contributed by atoms with Gasteiger partial charge in [0, 0.05) is 11.8 Å². The number of aliphatic carboxylic acids is 1. The lowest BCUT2D eigenvalue weighted by Crippen LogP contribution is -2.55. The Morgan fingerprint density at radius 2 is 2.00 bits per heavy atom. The Hall–Kier alpha value is -1.86. The predicted octanol–water partition coefficient (Wildman–Crippen LogP) is 1.60. The summed E-state index contributed by atoms with van der Waals surface area (Å²) < 4.78 is 38.0. The molecule has 0 aliphatic heterocycles. The molecule has 0 aromatic carbocycles. The summed E-state index contributed by atoms with van der Waals surface area (Å²) in [6.45, 7) is 2.09. The summed E-state index contributed by atoms with van der Waals surface area (Å²) in [5.41, 5.74) is -2.66. The number of carboxylic acids is 1. The van der Waals surface area contributed by atoms with E-state index < -0.39 is 17.7 Å². The lowest BCUT2D eigenvalue weighted by atomic mass is 10.0. The zero-order valence-corrected chi connectivity index (χ0v) is 9.04. The van der Waals surface area contributed by atoms with Crippen LogP contribution in [0.1, 0.15) is 12.6 Å². The molecule has 1 heterocycles. The number of carboxylic acid groups (broad SMARTS) is 1. The van der Waals surface area contributed by atoms with Crippen molar-refractivity contribution < 1.29 is 23.1 Å². The Kier molecular flexibility index (Phi) is 3.25. The summed E-state index contributed by atoms with van der Waals surface area (Å²) in [5, 5.41) is 10.5. The van der Waals surface area contributed by atoms with Crippen LogP contribution in [0.15, 0.2) is 12.4 Å². The van der Waals surface area contributed by atoms with Crippen LogP contribution in [0.25, 0.3) is 0 Å². The Morgan fingerprint density at radius 3 is 2.41 bits per heavy atom. The molecule has 2 N–H and O–H groups in total. The van der Waals surface area contributed by atoms with Crippen molar-refractivity contribution in [3.63, 3.8) is 0 Å². The second-order valence-electron chi connectivity index (χ2n) is 3.60. The van der Waals surface area contributed by atoms with Gasteiger partial charge in [0.1, 0.15) is 12.1 Å².